The molecule has 120 valence electrons. The van der Waals surface area contributed by atoms with Gasteiger partial charge in [-0.15, -0.1) is 0 Å². The lowest BCUT2D eigenvalue weighted by molar-refractivity contribution is -0.143. The fraction of sp³-hybridized carbons (Fsp3) is 0.611. The second kappa shape index (κ2) is 6.80. The van der Waals surface area contributed by atoms with Crippen LogP contribution in [0.1, 0.15) is 36.8 Å². The second-order valence-corrected chi connectivity index (χ2v) is 6.52. The first-order valence-electron chi connectivity index (χ1n) is 8.39. The van der Waals surface area contributed by atoms with Gasteiger partial charge < -0.3 is 15.4 Å². The Balaban J connectivity index is 1.66. The molecule has 4 nitrogen and oxygen atoms in total. The predicted octanol–water partition coefficient (Wildman–Crippen LogP) is 2.03. The predicted molar refractivity (Wildman–Crippen MR) is 86.6 cm³/mol. The average Bonchev–Trinajstić information content (AvgIpc) is 3.18. The number of hydrogen-bond donors (Lipinski definition) is 1. The van der Waals surface area contributed by atoms with Crippen LogP contribution in [0, 0.1) is 6.92 Å². The molecule has 22 heavy (non-hydrogen) atoms. The molecule has 0 spiro atoms. The molecule has 3 atom stereocenters. The highest BCUT2D eigenvalue weighted by atomic mass is 16.5. The zero-order valence-electron chi connectivity index (χ0n) is 13.3. The molecule has 0 aromatic heterocycles. The number of nitrogens with two attached hydrogens (primary N) is 1. The van der Waals surface area contributed by atoms with Gasteiger partial charge in [-0.2, -0.15) is 0 Å². The molecular weight excluding hydrogens is 276 g/mol. The van der Waals surface area contributed by atoms with Crippen LogP contribution in [-0.4, -0.2) is 42.1 Å². The van der Waals surface area contributed by atoms with Crippen LogP contribution in [0.3, 0.4) is 0 Å². The summed E-state index contributed by atoms with van der Waals surface area (Å²) in [5.74, 6) is 0.173. The Labute approximate surface area is 132 Å². The molecule has 2 fully saturated rings. The lowest BCUT2D eigenvalue weighted by Crippen LogP contribution is -2.43. The topological polar surface area (TPSA) is 55.6 Å². The van der Waals surface area contributed by atoms with Gasteiger partial charge in [-0.3, -0.25) is 4.79 Å². The molecule has 1 amide bonds. The fourth-order valence-corrected chi connectivity index (χ4v) is 3.68. The van der Waals surface area contributed by atoms with Gasteiger partial charge in [-0.05, 0) is 50.2 Å². The van der Waals surface area contributed by atoms with E-state index in [2.05, 4.69) is 36.1 Å². The minimum Gasteiger partial charge on any atom is -0.364 e. The molecule has 1 aromatic rings. The van der Waals surface area contributed by atoms with E-state index in [0.29, 0.717) is 12.6 Å². The first kappa shape index (κ1) is 15.5. The van der Waals surface area contributed by atoms with Crippen LogP contribution >= 0.6 is 0 Å². The van der Waals surface area contributed by atoms with E-state index in [4.69, 9.17) is 10.5 Å². The van der Waals surface area contributed by atoms with Crippen LogP contribution in [0.15, 0.2) is 24.3 Å². The summed E-state index contributed by atoms with van der Waals surface area (Å²) in [6.45, 7) is 3.52. The number of rotatable bonds is 4. The summed E-state index contributed by atoms with van der Waals surface area (Å²) in [7, 11) is 0. The highest BCUT2D eigenvalue weighted by molar-refractivity contribution is 5.81. The van der Waals surface area contributed by atoms with E-state index in [-0.39, 0.29) is 18.1 Å². The number of hydrogen-bond acceptors (Lipinski definition) is 3. The number of ether oxygens (including phenoxy) is 1. The van der Waals surface area contributed by atoms with Crippen molar-refractivity contribution in [3.8, 4) is 0 Å². The highest BCUT2D eigenvalue weighted by Gasteiger charge is 2.37. The number of amides is 1. The zero-order valence-corrected chi connectivity index (χ0v) is 13.3. The molecule has 2 aliphatic heterocycles. The minimum absolute atomic E-state index is 0.0615. The van der Waals surface area contributed by atoms with Crippen molar-refractivity contribution >= 4 is 5.91 Å². The number of aryl methyl sites for hydroxylation is 1. The summed E-state index contributed by atoms with van der Waals surface area (Å²) < 4.78 is 5.79. The molecule has 3 rings (SSSR count). The zero-order chi connectivity index (χ0) is 15.5. The van der Waals surface area contributed by atoms with Crippen molar-refractivity contribution in [3.63, 3.8) is 0 Å². The molecule has 0 radical (unpaired) electrons. The Bertz CT molecular complexity index is 532. The van der Waals surface area contributed by atoms with Gasteiger partial charge in [0.2, 0.25) is 0 Å². The monoisotopic (exact) mass is 302 g/mol. The van der Waals surface area contributed by atoms with E-state index < -0.39 is 0 Å². The maximum Gasteiger partial charge on any atom is 0.251 e. The minimum atomic E-state index is -0.272. The smallest absolute Gasteiger partial charge is 0.251 e. The molecule has 0 bridgehead atoms. The first-order chi connectivity index (χ1) is 10.7. The Morgan fingerprint density at radius 2 is 2.14 bits per heavy atom. The Morgan fingerprint density at radius 1 is 1.32 bits per heavy atom. The molecule has 1 unspecified atom stereocenters. The van der Waals surface area contributed by atoms with Crippen LogP contribution < -0.4 is 5.73 Å². The Kier molecular flexibility index (Phi) is 4.79. The third kappa shape index (κ3) is 3.18. The number of likely N-dealkylation sites (tertiary alicyclic amines) is 1. The summed E-state index contributed by atoms with van der Waals surface area (Å²) in [5, 5.41) is 0. The Morgan fingerprint density at radius 3 is 2.86 bits per heavy atom. The van der Waals surface area contributed by atoms with Crippen molar-refractivity contribution in [1.82, 2.24) is 4.90 Å². The molecule has 1 aromatic carbocycles. The lowest BCUT2D eigenvalue weighted by Gasteiger charge is -2.28. The van der Waals surface area contributed by atoms with E-state index in [1.54, 1.807) is 0 Å². The molecular formula is C18H26N2O2. The van der Waals surface area contributed by atoms with Crippen LogP contribution in [0.25, 0.3) is 0 Å². The Hall–Kier alpha value is -1.39. The van der Waals surface area contributed by atoms with Gasteiger partial charge in [-0.1, -0.05) is 24.3 Å². The van der Waals surface area contributed by atoms with Crippen molar-refractivity contribution in [2.45, 2.75) is 57.3 Å². The first-order valence-corrected chi connectivity index (χ1v) is 8.39. The summed E-state index contributed by atoms with van der Waals surface area (Å²) in [4.78, 5) is 14.8. The summed E-state index contributed by atoms with van der Waals surface area (Å²) in [6.07, 6.45) is 4.64. The van der Waals surface area contributed by atoms with E-state index in [1.165, 1.54) is 11.1 Å². The fourth-order valence-electron chi connectivity index (χ4n) is 3.68. The van der Waals surface area contributed by atoms with E-state index in [0.717, 1.165) is 38.6 Å². The normalized spacial score (nSPS) is 28.3. The van der Waals surface area contributed by atoms with Gasteiger partial charge in [0.05, 0.1) is 6.10 Å². The maximum absolute atomic E-state index is 12.8. The van der Waals surface area contributed by atoms with Crippen molar-refractivity contribution in [2.24, 2.45) is 5.73 Å². The largest absolute Gasteiger partial charge is 0.364 e. The standard InChI is InChI=1S/C18H26N2O2/c1-13-5-2-3-6-14(13)11-15-7-4-10-20(15)18(21)17-9-8-16(12-19)22-17/h2-3,5-6,15-17H,4,7-12,19H2,1H3/t15?,16-,17+/m1/s1. The van der Waals surface area contributed by atoms with Crippen LogP contribution in [-0.2, 0) is 16.0 Å². The summed E-state index contributed by atoms with van der Waals surface area (Å²) >= 11 is 0. The SMILES string of the molecule is Cc1ccccc1CC1CCCN1C(=O)[C@@H]1CC[C@H](CN)O1. The highest BCUT2D eigenvalue weighted by Crippen LogP contribution is 2.27. The third-order valence-corrected chi connectivity index (χ3v) is 5.02. The van der Waals surface area contributed by atoms with Gasteiger partial charge in [0, 0.05) is 19.1 Å². The van der Waals surface area contributed by atoms with Gasteiger partial charge in [0.1, 0.15) is 6.10 Å². The maximum atomic E-state index is 12.8. The van der Waals surface area contributed by atoms with Crippen molar-refractivity contribution in [3.05, 3.63) is 35.4 Å². The molecule has 2 saturated heterocycles. The van der Waals surface area contributed by atoms with Crippen molar-refractivity contribution in [1.29, 1.82) is 0 Å². The number of benzene rings is 1. The molecule has 0 aliphatic carbocycles. The van der Waals surface area contributed by atoms with E-state index in [1.807, 2.05) is 0 Å². The molecule has 0 saturated carbocycles. The lowest BCUT2D eigenvalue weighted by atomic mass is 9.99. The molecule has 2 heterocycles. The van der Waals surface area contributed by atoms with Crippen LogP contribution in [0.4, 0.5) is 0 Å². The average molecular weight is 302 g/mol. The van der Waals surface area contributed by atoms with Crippen LogP contribution in [0.5, 0.6) is 0 Å². The molecule has 2 N–H and O–H groups in total. The quantitative estimate of drug-likeness (QED) is 0.926. The summed E-state index contributed by atoms with van der Waals surface area (Å²) in [5.41, 5.74) is 8.30. The summed E-state index contributed by atoms with van der Waals surface area (Å²) in [6, 6.07) is 8.77. The van der Waals surface area contributed by atoms with E-state index >= 15 is 0 Å². The second-order valence-electron chi connectivity index (χ2n) is 6.52. The molecule has 2 aliphatic rings. The number of carbonyl (C=O) groups is 1. The third-order valence-electron chi connectivity index (χ3n) is 5.02. The van der Waals surface area contributed by atoms with Crippen molar-refractivity contribution < 1.29 is 9.53 Å². The molecule has 4 heteroatoms. The van der Waals surface area contributed by atoms with Crippen LogP contribution in [0.2, 0.25) is 0 Å². The number of nitrogens with zero attached hydrogens (tertiary/aromatic N) is 1. The number of carbonyl (C=O) groups excluding carboxylic acids is 1. The van der Waals surface area contributed by atoms with Gasteiger partial charge in [0.15, 0.2) is 0 Å². The van der Waals surface area contributed by atoms with Gasteiger partial charge in [0.25, 0.3) is 5.91 Å². The van der Waals surface area contributed by atoms with Crippen molar-refractivity contribution in [2.75, 3.05) is 13.1 Å². The van der Waals surface area contributed by atoms with Gasteiger partial charge in [-0.25, -0.2) is 0 Å². The van der Waals surface area contributed by atoms with E-state index in [9.17, 15) is 4.79 Å². The van der Waals surface area contributed by atoms with Gasteiger partial charge >= 0.3 is 0 Å².